The van der Waals surface area contributed by atoms with E-state index in [1.807, 2.05) is 13.8 Å². The predicted octanol–water partition coefficient (Wildman–Crippen LogP) is 2.10. The predicted molar refractivity (Wildman–Crippen MR) is 75.8 cm³/mol. The summed E-state index contributed by atoms with van der Waals surface area (Å²) in [6, 6.07) is 0. The molecule has 1 amide bonds. The molecule has 19 heavy (non-hydrogen) atoms. The zero-order valence-corrected chi connectivity index (χ0v) is 12.5. The maximum atomic E-state index is 12.1. The Hall–Kier alpha value is -0.610. The van der Waals surface area contributed by atoms with E-state index in [1.165, 1.54) is 0 Å². The first-order valence-electron chi connectivity index (χ1n) is 7.65. The van der Waals surface area contributed by atoms with Crippen molar-refractivity contribution in [1.82, 2.24) is 5.32 Å². The normalized spacial score (nSPS) is 26.7. The van der Waals surface area contributed by atoms with E-state index in [2.05, 4.69) is 12.2 Å². The number of hydrogen-bond donors (Lipinski definition) is 2. The molecule has 4 unspecified atom stereocenters. The fourth-order valence-corrected chi connectivity index (χ4v) is 2.46. The van der Waals surface area contributed by atoms with Gasteiger partial charge in [0.1, 0.15) is 0 Å². The summed E-state index contributed by atoms with van der Waals surface area (Å²) in [4.78, 5) is 12.1. The Morgan fingerprint density at radius 2 is 2.21 bits per heavy atom. The molecule has 0 aromatic heterocycles. The average molecular weight is 271 g/mol. The highest BCUT2D eigenvalue weighted by Gasteiger charge is 2.27. The molecule has 1 fully saturated rings. The van der Waals surface area contributed by atoms with Crippen molar-refractivity contribution in [1.29, 1.82) is 0 Å². The molecular formula is C15H29NO3. The van der Waals surface area contributed by atoms with E-state index in [-0.39, 0.29) is 23.8 Å². The third-order valence-electron chi connectivity index (χ3n) is 4.13. The second-order valence-electron chi connectivity index (χ2n) is 5.70. The zero-order valence-electron chi connectivity index (χ0n) is 12.5. The van der Waals surface area contributed by atoms with Crippen LogP contribution >= 0.6 is 0 Å². The number of rotatable bonds is 7. The van der Waals surface area contributed by atoms with Gasteiger partial charge in [-0.1, -0.05) is 33.6 Å². The Morgan fingerprint density at radius 3 is 2.84 bits per heavy atom. The lowest BCUT2D eigenvalue weighted by Crippen LogP contribution is -2.41. The van der Waals surface area contributed by atoms with Crippen LogP contribution in [0.15, 0.2) is 0 Å². The molecule has 0 radical (unpaired) electrons. The van der Waals surface area contributed by atoms with Crippen molar-refractivity contribution in [3.8, 4) is 0 Å². The number of aliphatic hydroxyl groups excluding tert-OH is 1. The summed E-state index contributed by atoms with van der Waals surface area (Å²) in [6.07, 6.45) is 4.44. The minimum atomic E-state index is -0.444. The van der Waals surface area contributed by atoms with Crippen LogP contribution in [0.1, 0.15) is 52.9 Å². The van der Waals surface area contributed by atoms with E-state index in [0.717, 1.165) is 32.1 Å². The summed E-state index contributed by atoms with van der Waals surface area (Å²) >= 11 is 0. The largest absolute Gasteiger partial charge is 0.391 e. The van der Waals surface area contributed by atoms with Gasteiger partial charge >= 0.3 is 0 Å². The molecule has 1 saturated heterocycles. The zero-order chi connectivity index (χ0) is 14.3. The lowest BCUT2D eigenvalue weighted by Gasteiger charge is -2.29. The van der Waals surface area contributed by atoms with Crippen LogP contribution < -0.4 is 5.32 Å². The molecule has 2 N–H and O–H groups in total. The van der Waals surface area contributed by atoms with Crippen molar-refractivity contribution < 1.29 is 14.6 Å². The van der Waals surface area contributed by atoms with Gasteiger partial charge in [-0.15, -0.1) is 0 Å². The van der Waals surface area contributed by atoms with Crippen molar-refractivity contribution in [2.75, 3.05) is 13.2 Å². The molecule has 4 atom stereocenters. The van der Waals surface area contributed by atoms with Crippen LogP contribution in [0.25, 0.3) is 0 Å². The summed E-state index contributed by atoms with van der Waals surface area (Å²) in [5.74, 6) is 0.351. The Bertz CT molecular complexity index is 268. The minimum absolute atomic E-state index is 0.0504. The number of carbonyl (C=O) groups excluding carboxylic acids is 1. The summed E-state index contributed by atoms with van der Waals surface area (Å²) in [5, 5.41) is 12.7. The standard InChI is InChI=1S/C15H29NO3/c1-4-6-13-9-12(7-8-19-13)15(18)16-10-14(17)11(3)5-2/h11-14,17H,4-10H2,1-3H3,(H,16,18). The van der Waals surface area contributed by atoms with Crippen LogP contribution in [-0.4, -0.2) is 36.4 Å². The maximum absolute atomic E-state index is 12.1. The second-order valence-corrected chi connectivity index (χ2v) is 5.70. The number of aliphatic hydroxyl groups is 1. The summed E-state index contributed by atoms with van der Waals surface area (Å²) in [5.41, 5.74) is 0. The van der Waals surface area contributed by atoms with Gasteiger partial charge in [-0.25, -0.2) is 0 Å². The van der Waals surface area contributed by atoms with Crippen molar-refractivity contribution in [2.24, 2.45) is 11.8 Å². The third-order valence-corrected chi connectivity index (χ3v) is 4.13. The summed E-state index contributed by atoms with van der Waals surface area (Å²) in [7, 11) is 0. The first-order valence-corrected chi connectivity index (χ1v) is 7.65. The molecule has 4 heteroatoms. The fourth-order valence-electron chi connectivity index (χ4n) is 2.46. The van der Waals surface area contributed by atoms with Gasteiger partial charge in [0.25, 0.3) is 0 Å². The second kappa shape index (κ2) is 8.54. The lowest BCUT2D eigenvalue weighted by molar-refractivity contribution is -0.130. The molecule has 112 valence electrons. The van der Waals surface area contributed by atoms with Gasteiger partial charge in [-0.2, -0.15) is 0 Å². The van der Waals surface area contributed by atoms with Crippen LogP contribution in [-0.2, 0) is 9.53 Å². The quantitative estimate of drug-likeness (QED) is 0.745. The van der Waals surface area contributed by atoms with Crippen molar-refractivity contribution in [3.63, 3.8) is 0 Å². The number of hydrogen-bond acceptors (Lipinski definition) is 3. The summed E-state index contributed by atoms with van der Waals surface area (Å²) < 4.78 is 5.65. The minimum Gasteiger partial charge on any atom is -0.391 e. The Morgan fingerprint density at radius 1 is 1.47 bits per heavy atom. The summed E-state index contributed by atoms with van der Waals surface area (Å²) in [6.45, 7) is 7.22. The van der Waals surface area contributed by atoms with Gasteiger partial charge in [0.15, 0.2) is 0 Å². The smallest absolute Gasteiger partial charge is 0.223 e. The maximum Gasteiger partial charge on any atom is 0.223 e. The van der Waals surface area contributed by atoms with Crippen LogP contribution in [0.3, 0.4) is 0 Å². The van der Waals surface area contributed by atoms with Gasteiger partial charge in [0.2, 0.25) is 5.91 Å². The van der Waals surface area contributed by atoms with E-state index < -0.39 is 6.10 Å². The molecule has 0 aliphatic carbocycles. The monoisotopic (exact) mass is 271 g/mol. The third kappa shape index (κ3) is 5.49. The SMILES string of the molecule is CCCC1CC(C(=O)NCC(O)C(C)CC)CCO1. The van der Waals surface area contributed by atoms with Gasteiger partial charge in [-0.05, 0) is 25.2 Å². The van der Waals surface area contributed by atoms with Crippen molar-refractivity contribution >= 4 is 5.91 Å². The molecular weight excluding hydrogens is 242 g/mol. The number of amides is 1. The molecule has 1 heterocycles. The van der Waals surface area contributed by atoms with Crippen molar-refractivity contribution in [3.05, 3.63) is 0 Å². The van der Waals surface area contributed by atoms with Gasteiger partial charge < -0.3 is 15.2 Å². The Balaban J connectivity index is 2.32. The highest BCUT2D eigenvalue weighted by atomic mass is 16.5. The molecule has 0 bridgehead atoms. The van der Waals surface area contributed by atoms with E-state index in [4.69, 9.17) is 4.74 Å². The molecule has 1 aliphatic rings. The average Bonchev–Trinajstić information content (AvgIpc) is 2.44. The van der Waals surface area contributed by atoms with Crippen LogP contribution in [0.5, 0.6) is 0 Å². The van der Waals surface area contributed by atoms with E-state index in [0.29, 0.717) is 13.2 Å². The van der Waals surface area contributed by atoms with E-state index >= 15 is 0 Å². The van der Waals surface area contributed by atoms with Gasteiger partial charge in [-0.3, -0.25) is 4.79 Å². The lowest BCUT2D eigenvalue weighted by atomic mass is 9.92. The number of carbonyl (C=O) groups is 1. The fraction of sp³-hybridized carbons (Fsp3) is 0.933. The topological polar surface area (TPSA) is 58.6 Å². The molecule has 1 aliphatic heterocycles. The molecule has 0 aromatic rings. The molecule has 0 spiro atoms. The van der Waals surface area contributed by atoms with Crippen LogP contribution in [0.4, 0.5) is 0 Å². The van der Waals surface area contributed by atoms with Gasteiger partial charge in [0.05, 0.1) is 12.2 Å². The number of nitrogens with one attached hydrogen (secondary N) is 1. The van der Waals surface area contributed by atoms with Crippen LogP contribution in [0, 0.1) is 11.8 Å². The molecule has 4 nitrogen and oxygen atoms in total. The van der Waals surface area contributed by atoms with Crippen LogP contribution in [0.2, 0.25) is 0 Å². The Kier molecular flexibility index (Phi) is 7.39. The molecule has 0 saturated carbocycles. The molecule has 0 aromatic carbocycles. The Labute approximate surface area is 116 Å². The first kappa shape index (κ1) is 16.4. The highest BCUT2D eigenvalue weighted by molar-refractivity contribution is 5.78. The first-order chi connectivity index (χ1) is 9.08. The van der Waals surface area contributed by atoms with E-state index in [9.17, 15) is 9.90 Å². The van der Waals surface area contributed by atoms with Crippen molar-refractivity contribution in [2.45, 2.75) is 65.1 Å². The highest BCUT2D eigenvalue weighted by Crippen LogP contribution is 2.23. The molecule has 1 rings (SSSR count). The number of ether oxygens (including phenoxy) is 1. The van der Waals surface area contributed by atoms with Gasteiger partial charge in [0, 0.05) is 19.1 Å². The van der Waals surface area contributed by atoms with E-state index in [1.54, 1.807) is 0 Å².